The number of rotatable bonds is 5. The van der Waals surface area contributed by atoms with Crippen molar-refractivity contribution in [2.75, 3.05) is 7.11 Å². The van der Waals surface area contributed by atoms with E-state index >= 15 is 0 Å². The Morgan fingerprint density at radius 1 is 1.22 bits per heavy atom. The number of halogens is 3. The van der Waals surface area contributed by atoms with Gasteiger partial charge >= 0.3 is 5.97 Å². The summed E-state index contributed by atoms with van der Waals surface area (Å²) in [7, 11) is 1.14. The molecule has 6 heteroatoms. The largest absolute Gasteiger partial charge is 0.467 e. The van der Waals surface area contributed by atoms with Gasteiger partial charge < -0.3 is 10.5 Å². The van der Waals surface area contributed by atoms with Gasteiger partial charge in [-0.25, -0.2) is 9.18 Å². The van der Waals surface area contributed by atoms with Crippen LogP contribution in [0.25, 0.3) is 11.1 Å². The molecule has 2 atom stereocenters. The number of hydrogen-bond donors (Lipinski definition) is 1. The highest BCUT2D eigenvalue weighted by Gasteiger charge is 2.25. The number of methoxy groups -OCH3 is 1. The van der Waals surface area contributed by atoms with Crippen LogP contribution in [0.4, 0.5) is 4.39 Å². The third kappa shape index (κ3) is 5.20. The van der Waals surface area contributed by atoms with Crippen LogP contribution >= 0.6 is 24.0 Å². The number of carbonyl (C=O) groups is 1. The van der Waals surface area contributed by atoms with Crippen molar-refractivity contribution in [1.82, 2.24) is 0 Å². The number of hydrogen-bond acceptors (Lipinski definition) is 3. The lowest BCUT2D eigenvalue weighted by molar-refractivity contribution is -0.147. The van der Waals surface area contributed by atoms with Crippen LogP contribution in [0.1, 0.15) is 5.56 Å². The fourth-order valence-electron chi connectivity index (χ4n) is 2.16. The molecular weight excluding hydrogens is 340 g/mol. The summed E-state index contributed by atoms with van der Waals surface area (Å²) >= 11 is 5.97. The first-order valence-corrected chi connectivity index (χ1v) is 7.21. The van der Waals surface area contributed by atoms with E-state index in [1.165, 1.54) is 0 Å². The molecule has 23 heavy (non-hydrogen) atoms. The first-order chi connectivity index (χ1) is 10.5. The summed E-state index contributed by atoms with van der Waals surface area (Å²) in [5.41, 5.74) is 8.56. The van der Waals surface area contributed by atoms with Gasteiger partial charge in [0.15, 0.2) is 0 Å². The van der Waals surface area contributed by atoms with E-state index in [9.17, 15) is 9.18 Å². The van der Waals surface area contributed by atoms with Gasteiger partial charge in [-0.2, -0.15) is 0 Å². The summed E-state index contributed by atoms with van der Waals surface area (Å²) in [5, 5.41) is 0.668. The predicted molar refractivity (Wildman–Crippen MR) is 92.7 cm³/mol. The Morgan fingerprint density at radius 3 is 2.43 bits per heavy atom. The summed E-state index contributed by atoms with van der Waals surface area (Å²) in [4.78, 5) is 11.1. The maximum atomic E-state index is 13.7. The zero-order chi connectivity index (χ0) is 16.1. The average Bonchev–Trinajstić information content (AvgIpc) is 2.54. The lowest BCUT2D eigenvalue weighted by Gasteiger charge is -2.15. The average molecular weight is 358 g/mol. The Labute approximate surface area is 146 Å². The second-order valence-electron chi connectivity index (χ2n) is 5.00. The molecule has 3 nitrogen and oxygen atoms in total. The predicted octanol–water partition coefficient (Wildman–Crippen LogP) is 3.81. The van der Waals surface area contributed by atoms with Crippen LogP contribution in [0, 0.1) is 0 Å². The molecule has 0 radical (unpaired) electrons. The summed E-state index contributed by atoms with van der Waals surface area (Å²) < 4.78 is 18.0. The number of benzene rings is 2. The third-order valence-corrected chi connectivity index (χ3v) is 3.62. The van der Waals surface area contributed by atoms with E-state index in [4.69, 9.17) is 17.3 Å². The molecule has 124 valence electrons. The van der Waals surface area contributed by atoms with Gasteiger partial charge in [0.2, 0.25) is 6.17 Å². The molecule has 0 spiro atoms. The minimum absolute atomic E-state index is 0. The van der Waals surface area contributed by atoms with Gasteiger partial charge in [0.05, 0.1) is 13.2 Å². The molecule has 0 heterocycles. The van der Waals surface area contributed by atoms with E-state index in [0.29, 0.717) is 5.02 Å². The topological polar surface area (TPSA) is 52.3 Å². The van der Waals surface area contributed by atoms with Gasteiger partial charge in [0.25, 0.3) is 0 Å². The molecule has 0 aliphatic carbocycles. The monoisotopic (exact) mass is 357 g/mol. The zero-order valence-electron chi connectivity index (χ0n) is 12.5. The molecule has 2 N–H and O–H groups in total. The van der Waals surface area contributed by atoms with Crippen molar-refractivity contribution in [2.45, 2.75) is 18.6 Å². The van der Waals surface area contributed by atoms with Gasteiger partial charge in [-0.1, -0.05) is 48.0 Å². The number of nitrogens with two attached hydrogens (primary N) is 1. The van der Waals surface area contributed by atoms with Gasteiger partial charge in [0.1, 0.15) is 0 Å². The Hall–Kier alpha value is -1.62. The van der Waals surface area contributed by atoms with Crippen molar-refractivity contribution in [2.24, 2.45) is 5.73 Å². The minimum Gasteiger partial charge on any atom is -0.467 e. The lowest BCUT2D eigenvalue weighted by atomic mass is 9.99. The second kappa shape index (κ2) is 8.87. The first kappa shape index (κ1) is 19.4. The standard InChI is InChI=1S/C17H17ClFNO2.ClH/c1-22-17(21)16(19)15(20)9-11-5-7-12(8-6-11)13-3-2-4-14(18)10-13;/h2-8,10,15-16H,9,20H2,1H3;1H. The molecule has 0 aliphatic heterocycles. The summed E-state index contributed by atoms with van der Waals surface area (Å²) in [6.07, 6.45) is -1.57. The van der Waals surface area contributed by atoms with Gasteiger partial charge in [0, 0.05) is 5.02 Å². The molecule has 0 aromatic heterocycles. The van der Waals surface area contributed by atoms with Crippen molar-refractivity contribution in [3.05, 3.63) is 59.1 Å². The first-order valence-electron chi connectivity index (χ1n) is 6.83. The zero-order valence-corrected chi connectivity index (χ0v) is 14.1. The molecule has 2 unspecified atom stereocenters. The second-order valence-corrected chi connectivity index (χ2v) is 5.44. The maximum absolute atomic E-state index is 13.7. The molecule has 0 bridgehead atoms. The SMILES string of the molecule is COC(=O)C(F)C(N)Cc1ccc(-c2cccc(Cl)c2)cc1.Cl. The lowest BCUT2D eigenvalue weighted by Crippen LogP contribution is -2.39. The molecule has 0 saturated carbocycles. The van der Waals surface area contributed by atoms with Crippen LogP contribution in [0.15, 0.2) is 48.5 Å². The van der Waals surface area contributed by atoms with Crippen LogP contribution in [-0.2, 0) is 16.0 Å². The quantitative estimate of drug-likeness (QED) is 0.827. The minimum atomic E-state index is -1.82. The van der Waals surface area contributed by atoms with E-state index in [0.717, 1.165) is 23.8 Å². The number of alkyl halides is 1. The molecule has 0 amide bonds. The summed E-state index contributed by atoms with van der Waals surface area (Å²) in [6, 6.07) is 14.2. The Bertz CT molecular complexity index is 649. The maximum Gasteiger partial charge on any atom is 0.342 e. The van der Waals surface area contributed by atoms with E-state index in [-0.39, 0.29) is 18.8 Å². The molecule has 2 rings (SSSR count). The number of esters is 1. The highest BCUT2D eigenvalue weighted by atomic mass is 35.5. The Kier molecular flexibility index (Phi) is 7.49. The highest BCUT2D eigenvalue weighted by molar-refractivity contribution is 6.30. The summed E-state index contributed by atoms with van der Waals surface area (Å²) in [6.45, 7) is 0. The van der Waals surface area contributed by atoms with Crippen molar-refractivity contribution >= 4 is 30.0 Å². The smallest absolute Gasteiger partial charge is 0.342 e. The number of ether oxygens (including phenoxy) is 1. The number of carbonyl (C=O) groups excluding carboxylic acids is 1. The highest BCUT2D eigenvalue weighted by Crippen LogP contribution is 2.23. The molecule has 0 aliphatic rings. The van der Waals surface area contributed by atoms with Gasteiger partial charge in [-0.05, 0) is 35.2 Å². The Balaban J connectivity index is 0.00000264. The van der Waals surface area contributed by atoms with Crippen molar-refractivity contribution < 1.29 is 13.9 Å². The molecule has 0 fully saturated rings. The Morgan fingerprint density at radius 2 is 1.87 bits per heavy atom. The van der Waals surface area contributed by atoms with Gasteiger partial charge in [-0.3, -0.25) is 0 Å². The molecule has 2 aromatic carbocycles. The fourth-order valence-corrected chi connectivity index (χ4v) is 2.35. The van der Waals surface area contributed by atoms with Crippen LogP contribution in [0.3, 0.4) is 0 Å². The molecule has 2 aromatic rings. The summed E-state index contributed by atoms with van der Waals surface area (Å²) in [5.74, 6) is -0.942. The van der Waals surface area contributed by atoms with Crippen LogP contribution < -0.4 is 5.73 Å². The van der Waals surface area contributed by atoms with E-state index in [1.807, 2.05) is 48.5 Å². The van der Waals surface area contributed by atoms with Crippen LogP contribution in [0.2, 0.25) is 5.02 Å². The van der Waals surface area contributed by atoms with Crippen molar-refractivity contribution in [1.29, 1.82) is 0 Å². The van der Waals surface area contributed by atoms with Crippen LogP contribution in [-0.4, -0.2) is 25.3 Å². The van der Waals surface area contributed by atoms with E-state index in [1.54, 1.807) is 0 Å². The van der Waals surface area contributed by atoms with Gasteiger partial charge in [-0.15, -0.1) is 12.4 Å². The van der Waals surface area contributed by atoms with Crippen molar-refractivity contribution in [3.8, 4) is 11.1 Å². The van der Waals surface area contributed by atoms with E-state index in [2.05, 4.69) is 4.74 Å². The van der Waals surface area contributed by atoms with Crippen LogP contribution in [0.5, 0.6) is 0 Å². The normalized spacial score (nSPS) is 12.9. The third-order valence-electron chi connectivity index (χ3n) is 3.39. The van der Waals surface area contributed by atoms with E-state index < -0.39 is 18.2 Å². The fraction of sp³-hybridized carbons (Fsp3) is 0.235. The van der Waals surface area contributed by atoms with Crippen molar-refractivity contribution in [3.63, 3.8) is 0 Å². The molecule has 0 saturated heterocycles. The molecular formula is C17H18Cl2FNO2.